The van der Waals surface area contributed by atoms with Crippen molar-refractivity contribution in [3.05, 3.63) is 57.9 Å². The molecule has 1 atom stereocenters. The summed E-state index contributed by atoms with van der Waals surface area (Å²) in [6.07, 6.45) is 1.58. The van der Waals surface area contributed by atoms with Crippen molar-refractivity contribution in [3.8, 4) is 0 Å². The molecule has 0 spiro atoms. The van der Waals surface area contributed by atoms with Crippen LogP contribution in [0.5, 0.6) is 0 Å². The molecule has 0 bridgehead atoms. The summed E-state index contributed by atoms with van der Waals surface area (Å²) in [4.78, 5) is 29.2. The minimum atomic E-state index is -0.356. The Bertz CT molecular complexity index is 686. The van der Waals surface area contributed by atoms with Gasteiger partial charge in [0.2, 0.25) is 0 Å². The molecule has 5 nitrogen and oxygen atoms in total. The van der Waals surface area contributed by atoms with Crippen molar-refractivity contribution in [2.24, 2.45) is 5.92 Å². The molecule has 2 aromatic heterocycles. The van der Waals surface area contributed by atoms with Crippen LogP contribution in [0.1, 0.15) is 42.6 Å². The molecule has 2 heterocycles. The Balaban J connectivity index is 2.35. The normalized spacial score (nSPS) is 12.4. The molecule has 0 radical (unpaired) electrons. The molecule has 1 N–H and O–H groups in total. The first-order valence-corrected chi connectivity index (χ1v) is 7.43. The zero-order valence-corrected chi connectivity index (χ0v) is 13.4. The lowest BCUT2D eigenvalue weighted by molar-refractivity contribution is 0.0609. The van der Waals surface area contributed by atoms with E-state index in [1.165, 1.54) is 0 Å². The summed E-state index contributed by atoms with van der Waals surface area (Å²) in [6, 6.07) is 6.92. The second kappa shape index (κ2) is 6.64. The van der Waals surface area contributed by atoms with Gasteiger partial charge in [0, 0.05) is 11.7 Å². The monoisotopic (exact) mass is 302 g/mol. The zero-order valence-electron chi connectivity index (χ0n) is 13.4. The van der Waals surface area contributed by atoms with Crippen LogP contribution in [0.3, 0.4) is 0 Å². The van der Waals surface area contributed by atoms with Gasteiger partial charge in [-0.2, -0.15) is 0 Å². The summed E-state index contributed by atoms with van der Waals surface area (Å²) in [5, 5.41) is 0. The molecular formula is C17H22N2O3. The molecule has 22 heavy (non-hydrogen) atoms. The summed E-state index contributed by atoms with van der Waals surface area (Å²) in [5.41, 5.74) is 0.533. The number of carbonyl (C=O) groups is 1. The Hall–Kier alpha value is -2.30. The first kappa shape index (κ1) is 16.1. The van der Waals surface area contributed by atoms with E-state index < -0.39 is 0 Å². The fourth-order valence-corrected chi connectivity index (χ4v) is 2.23. The van der Waals surface area contributed by atoms with Gasteiger partial charge in [0.25, 0.3) is 11.5 Å². The molecule has 0 saturated carbocycles. The molecule has 0 aliphatic carbocycles. The first-order valence-electron chi connectivity index (χ1n) is 7.43. The number of amides is 1. The first-order chi connectivity index (χ1) is 10.4. The number of carbonyl (C=O) groups excluding carboxylic acids is 1. The Labute approximate surface area is 130 Å². The van der Waals surface area contributed by atoms with Crippen molar-refractivity contribution in [2.75, 3.05) is 0 Å². The fourth-order valence-electron chi connectivity index (χ4n) is 2.23. The number of rotatable bonds is 5. The number of aromatic amines is 1. The number of hydrogen-bond acceptors (Lipinski definition) is 3. The second-order valence-electron chi connectivity index (χ2n) is 5.88. The third-order valence-electron chi connectivity index (χ3n) is 3.91. The number of furan rings is 1. The van der Waals surface area contributed by atoms with Gasteiger partial charge in [-0.15, -0.1) is 0 Å². The molecule has 0 saturated heterocycles. The SMILES string of the molecule is Cc1ccc(C(=O)N(Cc2ccco2)[C@@H](C)C(C)C)c(=O)[nH]1. The van der Waals surface area contributed by atoms with Crippen LogP contribution >= 0.6 is 0 Å². The lowest BCUT2D eigenvalue weighted by Gasteiger charge is -2.31. The molecule has 2 aromatic rings. The van der Waals surface area contributed by atoms with E-state index in [4.69, 9.17) is 4.42 Å². The lowest BCUT2D eigenvalue weighted by atomic mass is 10.0. The van der Waals surface area contributed by atoms with E-state index in [0.717, 1.165) is 5.69 Å². The van der Waals surface area contributed by atoms with Gasteiger partial charge in [-0.25, -0.2) is 0 Å². The number of hydrogen-bond donors (Lipinski definition) is 1. The zero-order chi connectivity index (χ0) is 16.3. The van der Waals surface area contributed by atoms with Crippen LogP contribution in [0.4, 0.5) is 0 Å². The predicted molar refractivity (Wildman–Crippen MR) is 84.7 cm³/mol. The van der Waals surface area contributed by atoms with Gasteiger partial charge >= 0.3 is 0 Å². The molecule has 0 fully saturated rings. The van der Waals surface area contributed by atoms with Crippen molar-refractivity contribution in [2.45, 2.75) is 40.3 Å². The van der Waals surface area contributed by atoms with Gasteiger partial charge < -0.3 is 14.3 Å². The van der Waals surface area contributed by atoms with Crippen molar-refractivity contribution in [1.29, 1.82) is 0 Å². The van der Waals surface area contributed by atoms with Crippen LogP contribution in [0.2, 0.25) is 0 Å². The molecule has 0 unspecified atom stereocenters. The Morgan fingerprint density at radius 2 is 2.00 bits per heavy atom. The molecule has 118 valence electrons. The number of nitrogens with zero attached hydrogens (tertiary/aromatic N) is 1. The van der Waals surface area contributed by atoms with Gasteiger partial charge in [0.05, 0.1) is 12.8 Å². The fraction of sp³-hybridized carbons (Fsp3) is 0.412. The van der Waals surface area contributed by atoms with Crippen molar-refractivity contribution >= 4 is 5.91 Å². The van der Waals surface area contributed by atoms with Gasteiger partial charge in [0.1, 0.15) is 11.3 Å². The highest BCUT2D eigenvalue weighted by Crippen LogP contribution is 2.17. The van der Waals surface area contributed by atoms with Gasteiger partial charge in [-0.1, -0.05) is 13.8 Å². The maximum absolute atomic E-state index is 12.8. The molecule has 5 heteroatoms. The largest absolute Gasteiger partial charge is 0.467 e. The highest BCUT2D eigenvalue weighted by atomic mass is 16.3. The molecule has 0 aliphatic rings. The average Bonchev–Trinajstić information content (AvgIpc) is 2.96. The van der Waals surface area contributed by atoms with Gasteiger partial charge in [-0.05, 0) is 44.0 Å². The van der Waals surface area contributed by atoms with E-state index in [0.29, 0.717) is 12.3 Å². The third kappa shape index (κ3) is 3.47. The quantitative estimate of drug-likeness (QED) is 0.923. The Kier molecular flexibility index (Phi) is 4.85. The predicted octanol–water partition coefficient (Wildman–Crippen LogP) is 2.96. The van der Waals surface area contributed by atoms with Crippen LogP contribution in [-0.4, -0.2) is 21.8 Å². The summed E-state index contributed by atoms with van der Waals surface area (Å²) in [6.45, 7) is 8.21. The molecule has 0 aliphatic heterocycles. The van der Waals surface area contributed by atoms with Crippen molar-refractivity contribution in [1.82, 2.24) is 9.88 Å². The molecular weight excluding hydrogens is 280 g/mol. The van der Waals surface area contributed by atoms with Gasteiger partial charge in [0.15, 0.2) is 0 Å². The van der Waals surface area contributed by atoms with Crippen LogP contribution in [-0.2, 0) is 6.54 Å². The van der Waals surface area contributed by atoms with E-state index in [1.807, 2.05) is 26.8 Å². The van der Waals surface area contributed by atoms with E-state index in [9.17, 15) is 9.59 Å². The van der Waals surface area contributed by atoms with Crippen LogP contribution in [0, 0.1) is 12.8 Å². The summed E-state index contributed by atoms with van der Waals surface area (Å²) in [5.74, 6) is 0.687. The molecule has 1 amide bonds. The highest BCUT2D eigenvalue weighted by molar-refractivity contribution is 5.94. The maximum Gasteiger partial charge on any atom is 0.260 e. The van der Waals surface area contributed by atoms with Gasteiger partial charge in [-0.3, -0.25) is 9.59 Å². The maximum atomic E-state index is 12.8. The van der Waals surface area contributed by atoms with Crippen molar-refractivity contribution < 1.29 is 9.21 Å². The Morgan fingerprint density at radius 1 is 1.27 bits per heavy atom. The van der Waals surface area contributed by atoms with E-state index in [2.05, 4.69) is 4.98 Å². The topological polar surface area (TPSA) is 66.3 Å². The molecule has 0 aromatic carbocycles. The number of nitrogens with one attached hydrogen (secondary N) is 1. The number of aryl methyl sites for hydroxylation is 1. The smallest absolute Gasteiger partial charge is 0.260 e. The average molecular weight is 302 g/mol. The number of H-pyrrole nitrogens is 1. The molecule has 2 rings (SSSR count). The summed E-state index contributed by atoms with van der Waals surface area (Å²) >= 11 is 0. The van der Waals surface area contributed by atoms with E-state index in [1.54, 1.807) is 36.3 Å². The number of pyridine rings is 1. The minimum Gasteiger partial charge on any atom is -0.467 e. The Morgan fingerprint density at radius 3 is 2.55 bits per heavy atom. The van der Waals surface area contributed by atoms with E-state index in [-0.39, 0.29) is 29.0 Å². The van der Waals surface area contributed by atoms with Crippen molar-refractivity contribution in [3.63, 3.8) is 0 Å². The summed E-state index contributed by atoms with van der Waals surface area (Å²) < 4.78 is 5.35. The van der Waals surface area contributed by atoms with Crippen LogP contribution in [0.25, 0.3) is 0 Å². The summed E-state index contributed by atoms with van der Waals surface area (Å²) in [7, 11) is 0. The lowest BCUT2D eigenvalue weighted by Crippen LogP contribution is -2.42. The van der Waals surface area contributed by atoms with Crippen LogP contribution < -0.4 is 5.56 Å². The van der Waals surface area contributed by atoms with Crippen LogP contribution in [0.15, 0.2) is 39.7 Å². The minimum absolute atomic E-state index is 0.0155. The van der Waals surface area contributed by atoms with E-state index >= 15 is 0 Å². The standard InChI is InChI=1S/C17H22N2O3/c1-11(2)13(4)19(10-14-6-5-9-22-14)17(21)15-8-7-12(3)18-16(15)20/h5-9,11,13H,10H2,1-4H3,(H,18,20)/t13-/m0/s1. The number of aromatic nitrogens is 1. The second-order valence-corrected chi connectivity index (χ2v) is 5.88. The highest BCUT2D eigenvalue weighted by Gasteiger charge is 2.26. The third-order valence-corrected chi connectivity index (χ3v) is 3.91.